The van der Waals surface area contributed by atoms with Gasteiger partial charge in [0, 0.05) is 35.7 Å². The molecule has 0 amide bonds. The quantitative estimate of drug-likeness (QED) is 0.879. The zero-order chi connectivity index (χ0) is 14.9. The molecule has 1 N–H and O–H groups in total. The lowest BCUT2D eigenvalue weighted by molar-refractivity contribution is 0.0693. The molecule has 4 heteroatoms. The zero-order valence-corrected chi connectivity index (χ0v) is 14.5. The molecule has 1 unspecified atom stereocenters. The van der Waals surface area contributed by atoms with Crippen molar-refractivity contribution in [1.82, 2.24) is 10.2 Å². The predicted octanol–water partition coefficient (Wildman–Crippen LogP) is 3.29. The minimum absolute atomic E-state index is 0.209. The standard InChI is InChI=1S/C17H25BrN2O/c1-17(2)12-20(16(11-19-17)13-6-7-13)8-9-21-15-5-3-4-14(18)10-15/h3-5,10,13,16,19H,6-9,11-12H2,1-2H3. The van der Waals surface area contributed by atoms with Crippen molar-refractivity contribution in [3.8, 4) is 5.75 Å². The number of rotatable bonds is 5. The summed E-state index contributed by atoms with van der Waals surface area (Å²) in [7, 11) is 0. The maximum atomic E-state index is 5.91. The second kappa shape index (κ2) is 6.27. The molecule has 3 nitrogen and oxygen atoms in total. The van der Waals surface area contributed by atoms with Crippen LogP contribution in [0.25, 0.3) is 0 Å². The Balaban J connectivity index is 1.54. The van der Waals surface area contributed by atoms with Crippen molar-refractivity contribution in [2.24, 2.45) is 5.92 Å². The molecule has 1 aliphatic carbocycles. The first-order chi connectivity index (χ1) is 10.0. The van der Waals surface area contributed by atoms with Gasteiger partial charge in [0.05, 0.1) is 0 Å². The van der Waals surface area contributed by atoms with Crippen LogP contribution in [0, 0.1) is 5.92 Å². The minimum atomic E-state index is 0.209. The third-order valence-electron chi connectivity index (χ3n) is 4.47. The molecule has 1 aromatic carbocycles. The fourth-order valence-electron chi connectivity index (χ4n) is 3.22. The monoisotopic (exact) mass is 352 g/mol. The van der Waals surface area contributed by atoms with Crippen LogP contribution in [0.1, 0.15) is 26.7 Å². The molecule has 0 aromatic heterocycles. The van der Waals surface area contributed by atoms with Crippen LogP contribution in [-0.2, 0) is 0 Å². The summed E-state index contributed by atoms with van der Waals surface area (Å²) in [6.07, 6.45) is 2.80. The van der Waals surface area contributed by atoms with Crippen LogP contribution in [0.15, 0.2) is 28.7 Å². The maximum absolute atomic E-state index is 5.91. The van der Waals surface area contributed by atoms with Crippen LogP contribution in [0.5, 0.6) is 5.75 Å². The van der Waals surface area contributed by atoms with E-state index in [-0.39, 0.29) is 5.54 Å². The first-order valence-corrected chi connectivity index (χ1v) is 8.70. The Bertz CT molecular complexity index is 487. The normalized spacial score (nSPS) is 25.8. The van der Waals surface area contributed by atoms with Gasteiger partial charge in [-0.1, -0.05) is 22.0 Å². The number of benzene rings is 1. The summed E-state index contributed by atoms with van der Waals surface area (Å²) in [5, 5.41) is 3.69. The minimum Gasteiger partial charge on any atom is -0.492 e. The van der Waals surface area contributed by atoms with E-state index in [2.05, 4.69) is 40.0 Å². The zero-order valence-electron chi connectivity index (χ0n) is 12.9. The van der Waals surface area contributed by atoms with Gasteiger partial charge >= 0.3 is 0 Å². The Morgan fingerprint density at radius 2 is 2.19 bits per heavy atom. The smallest absolute Gasteiger partial charge is 0.120 e. The number of nitrogens with zero attached hydrogens (tertiary/aromatic N) is 1. The second-order valence-electron chi connectivity index (χ2n) is 6.95. The van der Waals surface area contributed by atoms with Crippen LogP contribution in [-0.4, -0.2) is 42.7 Å². The van der Waals surface area contributed by atoms with Crippen molar-refractivity contribution >= 4 is 15.9 Å². The molecule has 2 fully saturated rings. The number of hydrogen-bond donors (Lipinski definition) is 1. The van der Waals surface area contributed by atoms with Crippen LogP contribution in [0.4, 0.5) is 0 Å². The van der Waals surface area contributed by atoms with Gasteiger partial charge in [0.1, 0.15) is 12.4 Å². The van der Waals surface area contributed by atoms with Crippen molar-refractivity contribution < 1.29 is 4.74 Å². The van der Waals surface area contributed by atoms with Gasteiger partial charge in [0.15, 0.2) is 0 Å². The highest BCUT2D eigenvalue weighted by Gasteiger charge is 2.40. The van der Waals surface area contributed by atoms with Gasteiger partial charge in [-0.15, -0.1) is 0 Å². The van der Waals surface area contributed by atoms with E-state index in [1.54, 1.807) is 0 Å². The molecule has 1 saturated carbocycles. The molecule has 1 atom stereocenters. The van der Waals surface area contributed by atoms with E-state index in [9.17, 15) is 0 Å². The Morgan fingerprint density at radius 3 is 2.90 bits per heavy atom. The molecular weight excluding hydrogens is 328 g/mol. The lowest BCUT2D eigenvalue weighted by Gasteiger charge is -2.45. The largest absolute Gasteiger partial charge is 0.492 e. The van der Waals surface area contributed by atoms with Crippen molar-refractivity contribution in [2.45, 2.75) is 38.3 Å². The Morgan fingerprint density at radius 1 is 1.38 bits per heavy atom. The molecule has 1 heterocycles. The van der Waals surface area contributed by atoms with Gasteiger partial charge in [-0.2, -0.15) is 0 Å². The number of piperazine rings is 1. The fourth-order valence-corrected chi connectivity index (χ4v) is 3.60. The molecule has 0 radical (unpaired) electrons. The molecule has 116 valence electrons. The van der Waals surface area contributed by atoms with Gasteiger partial charge < -0.3 is 10.1 Å². The fraction of sp³-hybridized carbons (Fsp3) is 0.647. The van der Waals surface area contributed by atoms with Crippen molar-refractivity contribution in [1.29, 1.82) is 0 Å². The summed E-state index contributed by atoms with van der Waals surface area (Å²) < 4.78 is 6.98. The molecule has 0 spiro atoms. The van der Waals surface area contributed by atoms with Gasteiger partial charge in [0.25, 0.3) is 0 Å². The summed E-state index contributed by atoms with van der Waals surface area (Å²) in [5.74, 6) is 1.85. The molecule has 3 rings (SSSR count). The molecular formula is C17H25BrN2O. The third kappa shape index (κ3) is 4.21. The number of ether oxygens (including phenoxy) is 1. The SMILES string of the molecule is CC1(C)CN(CCOc2cccc(Br)c2)C(C2CC2)CN1. The van der Waals surface area contributed by atoms with Crippen molar-refractivity contribution in [3.63, 3.8) is 0 Å². The molecule has 1 saturated heterocycles. The average molecular weight is 353 g/mol. The number of halogens is 1. The second-order valence-corrected chi connectivity index (χ2v) is 7.86. The summed E-state index contributed by atoms with van der Waals surface area (Å²) in [6, 6.07) is 8.78. The maximum Gasteiger partial charge on any atom is 0.120 e. The first kappa shape index (κ1) is 15.3. The number of nitrogens with one attached hydrogen (secondary N) is 1. The van der Waals surface area contributed by atoms with Crippen molar-refractivity contribution in [2.75, 3.05) is 26.2 Å². The lowest BCUT2D eigenvalue weighted by Crippen LogP contribution is -2.62. The van der Waals surface area contributed by atoms with Crippen LogP contribution in [0.3, 0.4) is 0 Å². The summed E-state index contributed by atoms with van der Waals surface area (Å²) in [6.45, 7) is 8.58. The highest BCUT2D eigenvalue weighted by Crippen LogP contribution is 2.37. The lowest BCUT2D eigenvalue weighted by atomic mass is 9.96. The van der Waals surface area contributed by atoms with Crippen LogP contribution < -0.4 is 10.1 Å². The van der Waals surface area contributed by atoms with Gasteiger partial charge in [-0.3, -0.25) is 4.90 Å². The summed E-state index contributed by atoms with van der Waals surface area (Å²) in [4.78, 5) is 2.63. The topological polar surface area (TPSA) is 24.5 Å². The Labute approximate surface area is 136 Å². The Kier molecular flexibility index (Phi) is 4.57. The molecule has 1 aliphatic heterocycles. The van der Waals surface area contributed by atoms with E-state index in [4.69, 9.17) is 4.74 Å². The predicted molar refractivity (Wildman–Crippen MR) is 89.8 cm³/mol. The van der Waals surface area contributed by atoms with Crippen LogP contribution >= 0.6 is 15.9 Å². The van der Waals surface area contributed by atoms with Crippen molar-refractivity contribution in [3.05, 3.63) is 28.7 Å². The number of hydrogen-bond acceptors (Lipinski definition) is 3. The average Bonchev–Trinajstić information content (AvgIpc) is 3.22. The molecule has 21 heavy (non-hydrogen) atoms. The van der Waals surface area contributed by atoms with E-state index in [0.29, 0.717) is 6.04 Å². The molecule has 0 bridgehead atoms. The molecule has 2 aliphatic rings. The Hall–Kier alpha value is -0.580. The first-order valence-electron chi connectivity index (χ1n) is 7.91. The van der Waals surface area contributed by atoms with E-state index >= 15 is 0 Å². The van der Waals surface area contributed by atoms with Gasteiger partial charge in [-0.25, -0.2) is 0 Å². The highest BCUT2D eigenvalue weighted by molar-refractivity contribution is 9.10. The third-order valence-corrected chi connectivity index (χ3v) is 4.96. The van der Waals surface area contributed by atoms with Gasteiger partial charge in [0.2, 0.25) is 0 Å². The van der Waals surface area contributed by atoms with E-state index in [1.165, 1.54) is 12.8 Å². The highest BCUT2D eigenvalue weighted by atomic mass is 79.9. The van der Waals surface area contributed by atoms with Gasteiger partial charge in [-0.05, 0) is 50.8 Å². The molecule has 1 aromatic rings. The summed E-state index contributed by atoms with van der Waals surface area (Å²) in [5.41, 5.74) is 0.209. The van der Waals surface area contributed by atoms with Crippen LogP contribution in [0.2, 0.25) is 0 Å². The van der Waals surface area contributed by atoms with E-state index < -0.39 is 0 Å². The van der Waals surface area contributed by atoms with E-state index in [1.807, 2.05) is 24.3 Å². The van der Waals surface area contributed by atoms with E-state index in [0.717, 1.165) is 42.4 Å². The summed E-state index contributed by atoms with van der Waals surface area (Å²) >= 11 is 3.48.